The number of rotatable bonds is 5. The molecule has 0 aliphatic rings. The summed E-state index contributed by atoms with van der Waals surface area (Å²) < 4.78 is 0. The molecular formula is C23H17ClN2OS. The fraction of sp³-hybridized carbons (Fsp3) is 0.0435. The maximum atomic E-state index is 12.5. The van der Waals surface area contributed by atoms with Crippen molar-refractivity contribution in [3.63, 3.8) is 0 Å². The molecule has 0 saturated carbocycles. The second-order valence-corrected chi connectivity index (χ2v) is 7.53. The van der Waals surface area contributed by atoms with E-state index >= 15 is 0 Å². The zero-order chi connectivity index (χ0) is 19.3. The number of benzene rings is 3. The van der Waals surface area contributed by atoms with Gasteiger partial charge in [-0.3, -0.25) is 10.1 Å². The molecule has 0 aliphatic carbocycles. The average Bonchev–Trinajstić information content (AvgIpc) is 3.18. The molecule has 1 heterocycles. The Morgan fingerprint density at radius 3 is 2.04 bits per heavy atom. The van der Waals surface area contributed by atoms with Crippen LogP contribution >= 0.6 is 22.9 Å². The van der Waals surface area contributed by atoms with E-state index < -0.39 is 0 Å². The van der Waals surface area contributed by atoms with Crippen molar-refractivity contribution in [2.45, 2.75) is 5.92 Å². The zero-order valence-corrected chi connectivity index (χ0v) is 16.5. The van der Waals surface area contributed by atoms with E-state index in [9.17, 15) is 4.79 Å². The molecule has 0 spiro atoms. The summed E-state index contributed by atoms with van der Waals surface area (Å²) >= 11 is 7.53. The van der Waals surface area contributed by atoms with Crippen LogP contribution in [0, 0.1) is 0 Å². The molecule has 1 amide bonds. The molecule has 0 saturated heterocycles. The number of hydrogen-bond acceptors (Lipinski definition) is 3. The Morgan fingerprint density at radius 2 is 1.43 bits per heavy atom. The van der Waals surface area contributed by atoms with Crippen molar-refractivity contribution in [3.05, 3.63) is 118 Å². The van der Waals surface area contributed by atoms with Crippen LogP contribution in [-0.4, -0.2) is 10.9 Å². The van der Waals surface area contributed by atoms with Crippen LogP contribution in [0.4, 0.5) is 5.13 Å². The molecule has 4 aromatic rings. The molecule has 3 aromatic carbocycles. The van der Waals surface area contributed by atoms with Gasteiger partial charge in [0.2, 0.25) is 0 Å². The maximum Gasteiger partial charge on any atom is 0.258 e. The fourth-order valence-corrected chi connectivity index (χ4v) is 4.06. The number of carbonyl (C=O) groups excluding carboxylic acids is 1. The molecular weight excluding hydrogens is 388 g/mol. The Hall–Kier alpha value is -2.95. The lowest BCUT2D eigenvalue weighted by atomic mass is 9.89. The normalized spacial score (nSPS) is 10.8. The lowest BCUT2D eigenvalue weighted by Crippen LogP contribution is -2.12. The van der Waals surface area contributed by atoms with Gasteiger partial charge in [0.25, 0.3) is 5.91 Å². The molecule has 5 heteroatoms. The molecule has 0 aliphatic heterocycles. The number of carbonyl (C=O) groups is 1. The molecule has 0 radical (unpaired) electrons. The Labute approximate surface area is 172 Å². The van der Waals surface area contributed by atoms with Crippen molar-refractivity contribution in [2.24, 2.45) is 0 Å². The number of nitrogens with one attached hydrogen (secondary N) is 1. The van der Waals surface area contributed by atoms with Crippen molar-refractivity contribution in [1.82, 2.24) is 4.98 Å². The van der Waals surface area contributed by atoms with Crippen LogP contribution in [0.25, 0.3) is 0 Å². The molecule has 0 bridgehead atoms. The van der Waals surface area contributed by atoms with E-state index in [0.717, 1.165) is 16.8 Å². The Bertz CT molecular complexity index is 1040. The lowest BCUT2D eigenvalue weighted by molar-refractivity contribution is 0.102. The van der Waals surface area contributed by atoms with Gasteiger partial charge in [-0.2, -0.15) is 0 Å². The summed E-state index contributed by atoms with van der Waals surface area (Å²) in [5, 5.41) is 5.83. The monoisotopic (exact) mass is 404 g/mol. The quantitative estimate of drug-likeness (QED) is 0.428. The molecule has 0 atom stereocenters. The molecule has 1 aromatic heterocycles. The first-order valence-corrected chi connectivity index (χ1v) is 10.1. The van der Waals surface area contributed by atoms with E-state index in [1.54, 1.807) is 24.3 Å². The standard InChI is InChI=1S/C23H17ClN2OS/c24-19-14-8-7-13-18(19)22(27)26-23-25-20(15-28-23)21(16-9-3-1-4-10-16)17-11-5-2-6-12-17/h1-15,21H,(H,25,26,27). The highest BCUT2D eigenvalue weighted by Gasteiger charge is 2.20. The Balaban J connectivity index is 1.64. The van der Waals surface area contributed by atoms with E-state index in [1.165, 1.54) is 11.3 Å². The van der Waals surface area contributed by atoms with Crippen LogP contribution in [0.15, 0.2) is 90.3 Å². The topological polar surface area (TPSA) is 42.0 Å². The van der Waals surface area contributed by atoms with Gasteiger partial charge >= 0.3 is 0 Å². The minimum Gasteiger partial charge on any atom is -0.298 e. The summed E-state index contributed by atoms with van der Waals surface area (Å²) in [5.41, 5.74) is 3.64. The molecule has 4 rings (SSSR count). The number of thiazole rings is 1. The first kappa shape index (κ1) is 18.4. The predicted octanol–water partition coefficient (Wildman–Crippen LogP) is 6.23. The van der Waals surface area contributed by atoms with E-state index in [-0.39, 0.29) is 11.8 Å². The van der Waals surface area contributed by atoms with Crippen LogP contribution in [0.1, 0.15) is 33.1 Å². The van der Waals surface area contributed by atoms with Gasteiger partial charge in [-0.15, -0.1) is 11.3 Å². The molecule has 3 nitrogen and oxygen atoms in total. The predicted molar refractivity (Wildman–Crippen MR) is 115 cm³/mol. The van der Waals surface area contributed by atoms with Gasteiger partial charge in [0.15, 0.2) is 5.13 Å². The summed E-state index contributed by atoms with van der Waals surface area (Å²) in [6, 6.07) is 27.5. The largest absolute Gasteiger partial charge is 0.298 e. The fourth-order valence-electron chi connectivity index (χ4n) is 3.11. The summed E-state index contributed by atoms with van der Waals surface area (Å²) in [6.45, 7) is 0. The second kappa shape index (κ2) is 8.38. The Morgan fingerprint density at radius 1 is 0.857 bits per heavy atom. The molecule has 1 N–H and O–H groups in total. The van der Waals surface area contributed by atoms with Gasteiger partial charge in [0, 0.05) is 5.38 Å². The third-order valence-corrected chi connectivity index (χ3v) is 5.53. The summed E-state index contributed by atoms with van der Waals surface area (Å²) in [7, 11) is 0. The highest BCUT2D eigenvalue weighted by Crippen LogP contribution is 2.33. The highest BCUT2D eigenvalue weighted by atomic mass is 35.5. The number of nitrogens with zero attached hydrogens (tertiary/aromatic N) is 1. The van der Waals surface area contributed by atoms with Crippen LogP contribution in [0.3, 0.4) is 0 Å². The lowest BCUT2D eigenvalue weighted by Gasteiger charge is -2.16. The molecule has 28 heavy (non-hydrogen) atoms. The van der Waals surface area contributed by atoms with Gasteiger partial charge in [0.1, 0.15) is 0 Å². The maximum absolute atomic E-state index is 12.5. The number of halogens is 1. The van der Waals surface area contributed by atoms with E-state index in [0.29, 0.717) is 15.7 Å². The summed E-state index contributed by atoms with van der Waals surface area (Å²) in [5.74, 6) is -0.257. The molecule has 0 unspecified atom stereocenters. The zero-order valence-electron chi connectivity index (χ0n) is 14.9. The van der Waals surface area contributed by atoms with E-state index in [1.807, 2.05) is 41.8 Å². The van der Waals surface area contributed by atoms with Gasteiger partial charge in [0.05, 0.1) is 22.2 Å². The first-order chi connectivity index (χ1) is 13.7. The van der Waals surface area contributed by atoms with Gasteiger partial charge < -0.3 is 0 Å². The summed E-state index contributed by atoms with van der Waals surface area (Å²) in [4.78, 5) is 17.2. The van der Waals surface area contributed by atoms with Crippen LogP contribution < -0.4 is 5.32 Å². The minimum absolute atomic E-state index is 0.00427. The van der Waals surface area contributed by atoms with E-state index in [4.69, 9.17) is 16.6 Å². The molecule has 0 fully saturated rings. The van der Waals surface area contributed by atoms with Crippen molar-refractivity contribution in [3.8, 4) is 0 Å². The number of aromatic nitrogens is 1. The Kier molecular flexibility index (Phi) is 5.51. The highest BCUT2D eigenvalue weighted by molar-refractivity contribution is 7.14. The van der Waals surface area contributed by atoms with Crippen molar-refractivity contribution >= 4 is 34.0 Å². The second-order valence-electron chi connectivity index (χ2n) is 6.27. The third kappa shape index (κ3) is 3.98. The van der Waals surface area contributed by atoms with Gasteiger partial charge in [-0.25, -0.2) is 4.98 Å². The summed E-state index contributed by atoms with van der Waals surface area (Å²) in [6.07, 6.45) is 0. The molecule has 138 valence electrons. The van der Waals surface area contributed by atoms with Crippen LogP contribution in [0.2, 0.25) is 5.02 Å². The third-order valence-electron chi connectivity index (χ3n) is 4.42. The van der Waals surface area contributed by atoms with E-state index in [2.05, 4.69) is 29.6 Å². The average molecular weight is 405 g/mol. The van der Waals surface area contributed by atoms with Crippen LogP contribution in [-0.2, 0) is 0 Å². The van der Waals surface area contributed by atoms with Crippen LogP contribution in [0.5, 0.6) is 0 Å². The van der Waals surface area contributed by atoms with Crippen molar-refractivity contribution in [1.29, 1.82) is 0 Å². The van der Waals surface area contributed by atoms with Gasteiger partial charge in [-0.05, 0) is 23.3 Å². The number of anilines is 1. The van der Waals surface area contributed by atoms with Crippen molar-refractivity contribution < 1.29 is 4.79 Å². The SMILES string of the molecule is O=C(Nc1nc(C(c2ccccc2)c2ccccc2)cs1)c1ccccc1Cl. The minimum atomic E-state index is -0.262. The smallest absolute Gasteiger partial charge is 0.258 e. The number of hydrogen-bond donors (Lipinski definition) is 1. The van der Waals surface area contributed by atoms with Crippen molar-refractivity contribution in [2.75, 3.05) is 5.32 Å². The first-order valence-electron chi connectivity index (χ1n) is 8.83. The number of amides is 1. The van der Waals surface area contributed by atoms with Gasteiger partial charge in [-0.1, -0.05) is 84.4 Å².